The minimum Gasteiger partial charge on any atom is -0.289 e. The van der Waals surface area contributed by atoms with Gasteiger partial charge in [0.15, 0.2) is 11.1 Å². The SMILES string of the molecule is Cc1cc(C)c(C(=O)c2cc(C)c(C(=O)[P+](=O)c3ccccc3)c(C)c2)c(C)c1. The third kappa shape index (κ3) is 4.11. The Morgan fingerprint density at radius 2 is 1.17 bits per heavy atom. The van der Waals surface area contributed by atoms with Crippen LogP contribution in [0.2, 0.25) is 0 Å². The first kappa shape index (κ1) is 20.8. The minimum absolute atomic E-state index is 0.0577. The highest BCUT2D eigenvalue weighted by molar-refractivity contribution is 7.71. The maximum absolute atomic E-state index is 13.2. The summed E-state index contributed by atoms with van der Waals surface area (Å²) in [6.07, 6.45) is 0. The molecule has 146 valence electrons. The molecule has 0 aliphatic rings. The monoisotopic (exact) mass is 403 g/mol. The van der Waals surface area contributed by atoms with Gasteiger partial charge in [-0.1, -0.05) is 40.5 Å². The third-order valence-corrected chi connectivity index (χ3v) is 6.45. The standard InChI is InChI=1S/C25H24O3P/c1-15-11-16(2)22(17(3)12-15)24(26)20-13-18(4)23(19(5)14-20)25(27)29(28)21-9-7-6-8-10-21/h6-14H,1-5H3/q+1. The molecule has 0 bridgehead atoms. The molecule has 29 heavy (non-hydrogen) atoms. The van der Waals surface area contributed by atoms with Gasteiger partial charge < -0.3 is 0 Å². The average molecular weight is 403 g/mol. The Hall–Kier alpha value is -2.90. The van der Waals surface area contributed by atoms with Gasteiger partial charge in [0.2, 0.25) is 0 Å². The molecule has 0 fully saturated rings. The molecule has 1 unspecified atom stereocenters. The van der Waals surface area contributed by atoms with E-state index in [0.29, 0.717) is 33.1 Å². The molecule has 4 heteroatoms. The van der Waals surface area contributed by atoms with Gasteiger partial charge >= 0.3 is 13.3 Å². The fourth-order valence-corrected chi connectivity index (χ4v) is 5.13. The van der Waals surface area contributed by atoms with Crippen molar-refractivity contribution in [2.24, 2.45) is 0 Å². The second-order valence-electron chi connectivity index (χ2n) is 7.52. The first-order valence-electron chi connectivity index (χ1n) is 9.51. The number of hydrogen-bond donors (Lipinski definition) is 0. The Morgan fingerprint density at radius 3 is 1.69 bits per heavy atom. The zero-order valence-electron chi connectivity index (χ0n) is 17.4. The van der Waals surface area contributed by atoms with E-state index in [0.717, 1.165) is 16.7 Å². The Morgan fingerprint density at radius 1 is 0.690 bits per heavy atom. The molecular weight excluding hydrogens is 379 g/mol. The van der Waals surface area contributed by atoms with Crippen molar-refractivity contribution in [1.82, 2.24) is 0 Å². The molecule has 0 saturated carbocycles. The smallest absolute Gasteiger partial charge is 0.289 e. The summed E-state index contributed by atoms with van der Waals surface area (Å²) >= 11 is 0. The normalized spacial score (nSPS) is 11.3. The topological polar surface area (TPSA) is 51.2 Å². The van der Waals surface area contributed by atoms with Crippen LogP contribution in [-0.2, 0) is 4.57 Å². The summed E-state index contributed by atoms with van der Waals surface area (Å²) in [5, 5.41) is 0.511. The van der Waals surface area contributed by atoms with Crippen LogP contribution in [0, 0.1) is 34.6 Å². The molecule has 0 radical (unpaired) electrons. The van der Waals surface area contributed by atoms with Crippen LogP contribution in [0.4, 0.5) is 0 Å². The number of carbonyl (C=O) groups excluding carboxylic acids is 2. The van der Waals surface area contributed by atoms with Crippen molar-refractivity contribution in [2.45, 2.75) is 34.6 Å². The zero-order valence-corrected chi connectivity index (χ0v) is 18.3. The molecule has 3 aromatic carbocycles. The summed E-state index contributed by atoms with van der Waals surface area (Å²) in [5.41, 5.74) is 5.61. The predicted molar refractivity (Wildman–Crippen MR) is 118 cm³/mol. The molecule has 0 aromatic heterocycles. The highest BCUT2D eigenvalue weighted by Gasteiger charge is 2.35. The molecule has 3 rings (SSSR count). The van der Waals surface area contributed by atoms with E-state index in [9.17, 15) is 14.2 Å². The summed E-state index contributed by atoms with van der Waals surface area (Å²) in [6, 6.07) is 16.2. The maximum Gasteiger partial charge on any atom is 0.458 e. The van der Waals surface area contributed by atoms with Crippen LogP contribution in [0.1, 0.15) is 54.1 Å². The lowest BCUT2D eigenvalue weighted by molar-refractivity contribution is 0.103. The van der Waals surface area contributed by atoms with Crippen LogP contribution in [-0.4, -0.2) is 11.3 Å². The van der Waals surface area contributed by atoms with Crippen molar-refractivity contribution in [3.05, 3.63) is 99.1 Å². The van der Waals surface area contributed by atoms with Crippen molar-refractivity contribution < 1.29 is 14.2 Å². The highest BCUT2D eigenvalue weighted by Crippen LogP contribution is 2.31. The third-order valence-electron chi connectivity index (χ3n) is 5.09. The molecule has 0 amide bonds. The van der Waals surface area contributed by atoms with Gasteiger partial charge in [-0.15, -0.1) is 0 Å². The lowest BCUT2D eigenvalue weighted by Gasteiger charge is -2.12. The van der Waals surface area contributed by atoms with Crippen LogP contribution in [0.25, 0.3) is 0 Å². The molecule has 0 N–H and O–H groups in total. The first-order valence-corrected chi connectivity index (χ1v) is 10.8. The molecular formula is C25H24O3P+. The number of rotatable bonds is 5. The predicted octanol–water partition coefficient (Wildman–Crippen LogP) is 5.75. The van der Waals surface area contributed by atoms with E-state index in [1.807, 2.05) is 39.0 Å². The molecule has 1 atom stereocenters. The van der Waals surface area contributed by atoms with E-state index in [2.05, 4.69) is 0 Å². The lowest BCUT2D eigenvalue weighted by atomic mass is 9.90. The fourth-order valence-electron chi connectivity index (χ4n) is 3.90. The van der Waals surface area contributed by atoms with Gasteiger partial charge in [0.1, 0.15) is 0 Å². The van der Waals surface area contributed by atoms with Crippen LogP contribution < -0.4 is 5.30 Å². The van der Waals surface area contributed by atoms with Crippen LogP contribution >= 0.6 is 7.80 Å². The van der Waals surface area contributed by atoms with Crippen LogP contribution in [0.3, 0.4) is 0 Å². The highest BCUT2D eigenvalue weighted by atomic mass is 31.1. The van der Waals surface area contributed by atoms with E-state index in [4.69, 9.17) is 0 Å². The zero-order chi connectivity index (χ0) is 21.3. The van der Waals surface area contributed by atoms with Gasteiger partial charge in [0.25, 0.3) is 0 Å². The quantitative estimate of drug-likeness (QED) is 0.402. The summed E-state index contributed by atoms with van der Waals surface area (Å²) in [6.45, 7) is 9.47. The maximum atomic E-state index is 13.2. The van der Waals surface area contributed by atoms with Gasteiger partial charge in [0.05, 0.1) is 5.56 Å². The average Bonchev–Trinajstić information content (AvgIpc) is 2.66. The van der Waals surface area contributed by atoms with Crippen molar-refractivity contribution in [2.75, 3.05) is 0 Å². The van der Waals surface area contributed by atoms with Gasteiger partial charge in [-0.2, -0.15) is 0 Å². The Kier molecular flexibility index (Phi) is 5.91. The Balaban J connectivity index is 2.01. The van der Waals surface area contributed by atoms with Gasteiger partial charge in [0, 0.05) is 11.1 Å². The molecule has 3 aromatic rings. The van der Waals surface area contributed by atoms with E-state index in [1.165, 1.54) is 0 Å². The number of hydrogen-bond acceptors (Lipinski definition) is 3. The molecule has 0 aliphatic heterocycles. The largest absolute Gasteiger partial charge is 0.458 e. The molecule has 0 heterocycles. The molecule has 0 aliphatic carbocycles. The number of ketones is 1. The fraction of sp³-hybridized carbons (Fsp3) is 0.200. The van der Waals surface area contributed by atoms with E-state index < -0.39 is 13.3 Å². The first-order chi connectivity index (χ1) is 13.7. The summed E-state index contributed by atoms with van der Waals surface area (Å²) in [4.78, 5) is 26.1. The second-order valence-corrected chi connectivity index (χ2v) is 9.03. The second kappa shape index (κ2) is 8.23. The van der Waals surface area contributed by atoms with E-state index >= 15 is 0 Å². The summed E-state index contributed by atoms with van der Waals surface area (Å²) in [7, 11) is -2.20. The number of carbonyl (C=O) groups is 2. The lowest BCUT2D eigenvalue weighted by Crippen LogP contribution is -2.11. The van der Waals surface area contributed by atoms with E-state index in [-0.39, 0.29) is 5.78 Å². The van der Waals surface area contributed by atoms with E-state index in [1.54, 1.807) is 50.2 Å². The van der Waals surface area contributed by atoms with Crippen LogP contribution in [0.5, 0.6) is 0 Å². The van der Waals surface area contributed by atoms with Crippen molar-refractivity contribution in [1.29, 1.82) is 0 Å². The van der Waals surface area contributed by atoms with Crippen molar-refractivity contribution in [3.8, 4) is 0 Å². The minimum atomic E-state index is -2.20. The number of aryl methyl sites for hydroxylation is 5. The van der Waals surface area contributed by atoms with Crippen molar-refractivity contribution >= 4 is 24.4 Å². The van der Waals surface area contributed by atoms with Crippen molar-refractivity contribution in [3.63, 3.8) is 0 Å². The summed E-state index contributed by atoms with van der Waals surface area (Å²) < 4.78 is 12.7. The van der Waals surface area contributed by atoms with Gasteiger partial charge in [-0.3, -0.25) is 4.79 Å². The Labute approximate surface area is 172 Å². The molecule has 3 nitrogen and oxygen atoms in total. The molecule has 0 saturated heterocycles. The van der Waals surface area contributed by atoms with Crippen LogP contribution in [0.15, 0.2) is 54.6 Å². The van der Waals surface area contributed by atoms with Gasteiger partial charge in [-0.05, 0) is 81.1 Å². The molecule has 0 spiro atoms. The number of benzene rings is 3. The van der Waals surface area contributed by atoms with Gasteiger partial charge in [-0.25, -0.2) is 4.79 Å². The summed E-state index contributed by atoms with van der Waals surface area (Å²) in [5.74, 6) is -0.0577. The Bertz CT molecular complexity index is 1100.